The largest absolute Gasteiger partial charge is 0.338 e. The minimum atomic E-state index is -0.148. The Balaban J connectivity index is 0.000000237. The van der Waals surface area contributed by atoms with Gasteiger partial charge in [0.15, 0.2) is 5.84 Å². The zero-order chi connectivity index (χ0) is 47.6. The van der Waals surface area contributed by atoms with Gasteiger partial charge in [-0.3, -0.25) is 4.99 Å². The van der Waals surface area contributed by atoms with E-state index in [4.69, 9.17) is 9.98 Å². The van der Waals surface area contributed by atoms with Gasteiger partial charge in [-0.2, -0.15) is 0 Å². The van der Waals surface area contributed by atoms with Crippen LogP contribution in [-0.2, 0) is 0 Å². The number of aliphatic imine (C=N–C) groups is 2. The molecule has 1 aliphatic rings. The van der Waals surface area contributed by atoms with Crippen molar-refractivity contribution in [3.05, 3.63) is 311 Å². The summed E-state index contributed by atoms with van der Waals surface area (Å²) in [6.45, 7) is 19.0. The first-order valence-corrected chi connectivity index (χ1v) is 22.9. The first-order valence-electron chi connectivity index (χ1n) is 22.9. The molecule has 8 aromatic rings. The smallest absolute Gasteiger partial charge is 0.152 e. The molecule has 0 fully saturated rings. The maximum atomic E-state index is 5.08. The molecule has 1 aliphatic heterocycles. The molecule has 0 bridgehead atoms. The second-order valence-electron chi connectivity index (χ2n) is 16.5. The minimum absolute atomic E-state index is 0.148. The van der Waals surface area contributed by atoms with Crippen LogP contribution in [-0.4, -0.2) is 11.5 Å². The number of hydrogen-bond donors (Lipinski definition) is 1. The SMILES string of the molecule is C=C(N=C(/C=C(\C)c1ccccc1)c1ccccc1)C1=NC(c2cccc(C)c2)C=C(c2cccc(C)c2)N1.Cc1ccccc1.Cc1ccccc1.Cc1ccccc1.Cc1ccccc1. The van der Waals surface area contributed by atoms with Crippen molar-refractivity contribution in [1.29, 1.82) is 0 Å². The minimum Gasteiger partial charge on any atom is -0.338 e. The molecule has 0 spiro atoms. The van der Waals surface area contributed by atoms with Crippen LogP contribution < -0.4 is 5.32 Å². The number of amidine groups is 1. The Hall–Kier alpha value is -7.88. The number of benzene rings is 8. The maximum Gasteiger partial charge on any atom is 0.152 e. The van der Waals surface area contributed by atoms with Gasteiger partial charge in [0.2, 0.25) is 0 Å². The number of allylic oxidation sites excluding steroid dienone is 2. The van der Waals surface area contributed by atoms with Crippen LogP contribution in [0, 0.1) is 41.5 Å². The van der Waals surface area contributed by atoms with Crippen LogP contribution in [0.3, 0.4) is 0 Å². The predicted molar refractivity (Wildman–Crippen MR) is 291 cm³/mol. The molecule has 67 heavy (non-hydrogen) atoms. The van der Waals surface area contributed by atoms with Crippen LogP contribution in [0.4, 0.5) is 0 Å². The molecule has 3 heteroatoms. The molecule has 9 rings (SSSR count). The fraction of sp³-hybridized carbons (Fsp3) is 0.125. The molecular formula is C64H65N3. The van der Waals surface area contributed by atoms with Crippen molar-refractivity contribution in [3.63, 3.8) is 0 Å². The molecule has 0 radical (unpaired) electrons. The van der Waals surface area contributed by atoms with Crippen molar-refractivity contribution in [2.75, 3.05) is 0 Å². The lowest BCUT2D eigenvalue weighted by atomic mass is 9.99. The van der Waals surface area contributed by atoms with E-state index in [1.165, 1.54) is 33.4 Å². The molecule has 1 heterocycles. The van der Waals surface area contributed by atoms with E-state index in [1.54, 1.807) is 0 Å². The van der Waals surface area contributed by atoms with Crippen LogP contribution in [0.5, 0.6) is 0 Å². The van der Waals surface area contributed by atoms with Gasteiger partial charge in [-0.25, -0.2) is 4.99 Å². The molecule has 0 amide bonds. The van der Waals surface area contributed by atoms with Gasteiger partial charge in [-0.15, -0.1) is 0 Å². The molecule has 0 aromatic heterocycles. The summed E-state index contributed by atoms with van der Waals surface area (Å²) in [6.07, 6.45) is 4.30. The average molecular weight is 876 g/mol. The maximum absolute atomic E-state index is 5.08. The molecule has 0 aliphatic carbocycles. The van der Waals surface area contributed by atoms with E-state index in [9.17, 15) is 0 Å². The third kappa shape index (κ3) is 18.3. The first-order chi connectivity index (χ1) is 32.5. The van der Waals surface area contributed by atoms with Gasteiger partial charge in [-0.1, -0.05) is 264 Å². The molecule has 1 atom stereocenters. The van der Waals surface area contributed by atoms with Crippen LogP contribution in [0.1, 0.15) is 68.6 Å². The van der Waals surface area contributed by atoms with Crippen molar-refractivity contribution in [1.82, 2.24) is 5.32 Å². The second kappa shape index (κ2) is 27.4. The summed E-state index contributed by atoms with van der Waals surface area (Å²) in [7, 11) is 0. The Morgan fingerprint density at radius 3 is 1.25 bits per heavy atom. The van der Waals surface area contributed by atoms with Gasteiger partial charge in [0, 0.05) is 11.3 Å². The first kappa shape index (κ1) is 50.1. The van der Waals surface area contributed by atoms with Crippen molar-refractivity contribution in [2.24, 2.45) is 9.98 Å². The van der Waals surface area contributed by atoms with Gasteiger partial charge in [-0.05, 0) is 88.9 Å². The highest BCUT2D eigenvalue weighted by Crippen LogP contribution is 2.29. The number of nitrogens with zero attached hydrogens (tertiary/aromatic N) is 2. The number of rotatable bonds is 7. The Morgan fingerprint density at radius 1 is 0.463 bits per heavy atom. The highest BCUT2D eigenvalue weighted by molar-refractivity contribution is 6.15. The summed E-state index contributed by atoms with van der Waals surface area (Å²) < 4.78 is 0. The number of nitrogens with one attached hydrogen (secondary N) is 1. The number of aryl methyl sites for hydroxylation is 6. The van der Waals surface area contributed by atoms with E-state index >= 15 is 0 Å². The Morgan fingerprint density at radius 2 is 0.851 bits per heavy atom. The van der Waals surface area contributed by atoms with Crippen LogP contribution >= 0.6 is 0 Å². The van der Waals surface area contributed by atoms with Crippen molar-refractivity contribution in [3.8, 4) is 0 Å². The standard InChI is InChI=1S/C36H33N3.4C7H8/c1-25-13-11-19-31(21-25)34-24-35(32-20-12-14-26(2)22-32)39-36(38-34)28(4)37-33(30-17-9-6-10-18-30)23-27(3)29-15-7-5-8-16-29;4*1-7-5-3-2-4-6-7/h5-24,34H,4H2,1-3H3,(H,38,39);4*2-6H,1H3/b27-23+,37-33?;;;;. The quantitative estimate of drug-likeness (QED) is 0.159. The van der Waals surface area contributed by atoms with E-state index in [0.29, 0.717) is 11.5 Å². The molecule has 0 saturated heterocycles. The Bertz CT molecular complexity index is 2660. The lowest BCUT2D eigenvalue weighted by molar-refractivity contribution is 0.876. The summed E-state index contributed by atoms with van der Waals surface area (Å²) in [4.78, 5) is 10.1. The summed E-state index contributed by atoms with van der Waals surface area (Å²) in [5.41, 5.74) is 15.7. The second-order valence-corrected chi connectivity index (χ2v) is 16.5. The number of hydrogen-bond acceptors (Lipinski definition) is 3. The topological polar surface area (TPSA) is 36.8 Å². The predicted octanol–water partition coefficient (Wildman–Crippen LogP) is 16.5. The molecule has 0 saturated carbocycles. The van der Waals surface area contributed by atoms with Crippen LogP contribution in [0.15, 0.2) is 265 Å². The lowest BCUT2D eigenvalue weighted by Gasteiger charge is -2.23. The van der Waals surface area contributed by atoms with E-state index < -0.39 is 0 Å². The summed E-state index contributed by atoms with van der Waals surface area (Å²) in [5, 5.41) is 3.54. The van der Waals surface area contributed by atoms with Crippen molar-refractivity contribution >= 4 is 22.8 Å². The normalized spacial score (nSPS) is 12.8. The van der Waals surface area contributed by atoms with Gasteiger partial charge in [0.05, 0.1) is 17.5 Å². The highest BCUT2D eigenvalue weighted by Gasteiger charge is 2.20. The lowest BCUT2D eigenvalue weighted by Crippen LogP contribution is -2.28. The zero-order valence-electron chi connectivity index (χ0n) is 40.3. The third-order valence-corrected chi connectivity index (χ3v) is 10.5. The molecule has 3 nitrogen and oxygen atoms in total. The molecular weight excluding hydrogens is 811 g/mol. The van der Waals surface area contributed by atoms with Crippen molar-refractivity contribution in [2.45, 2.75) is 54.5 Å². The average Bonchev–Trinajstić information content (AvgIpc) is 3.36. The van der Waals surface area contributed by atoms with Gasteiger partial charge in [0.1, 0.15) is 0 Å². The van der Waals surface area contributed by atoms with E-state index in [-0.39, 0.29) is 6.04 Å². The van der Waals surface area contributed by atoms with Crippen LogP contribution in [0.25, 0.3) is 11.3 Å². The summed E-state index contributed by atoms with van der Waals surface area (Å²) >= 11 is 0. The van der Waals surface area contributed by atoms with Gasteiger partial charge in [0.25, 0.3) is 0 Å². The molecule has 8 aromatic carbocycles. The molecule has 1 N–H and O–H groups in total. The van der Waals surface area contributed by atoms with Crippen LogP contribution in [0.2, 0.25) is 0 Å². The van der Waals surface area contributed by atoms with E-state index in [2.05, 4.69) is 206 Å². The molecule has 1 unspecified atom stereocenters. The van der Waals surface area contributed by atoms with Crippen molar-refractivity contribution < 1.29 is 0 Å². The monoisotopic (exact) mass is 876 g/mol. The Labute approximate surface area is 401 Å². The van der Waals surface area contributed by atoms with E-state index in [0.717, 1.165) is 39.2 Å². The summed E-state index contributed by atoms with van der Waals surface area (Å²) in [5.74, 6) is 0.666. The fourth-order valence-electron chi connectivity index (χ4n) is 6.80. The Kier molecular flexibility index (Phi) is 20.5. The van der Waals surface area contributed by atoms with Gasteiger partial charge >= 0.3 is 0 Å². The van der Waals surface area contributed by atoms with E-state index in [1.807, 2.05) is 97.1 Å². The highest BCUT2D eigenvalue weighted by atomic mass is 15.1. The summed E-state index contributed by atoms with van der Waals surface area (Å²) in [6, 6.07) is 78.5. The zero-order valence-corrected chi connectivity index (χ0v) is 40.3. The van der Waals surface area contributed by atoms with Gasteiger partial charge < -0.3 is 5.32 Å². The molecule has 336 valence electrons. The fourth-order valence-corrected chi connectivity index (χ4v) is 6.80. The third-order valence-electron chi connectivity index (χ3n) is 10.5.